The molecule has 1 heterocycles. The van der Waals surface area contributed by atoms with Crippen LogP contribution in [0.4, 0.5) is 0 Å². The van der Waals surface area contributed by atoms with E-state index in [2.05, 4.69) is 27.0 Å². The fraction of sp³-hybridized carbons (Fsp3) is 0.167. The number of hydrogen-bond donors (Lipinski definition) is 0. The van der Waals surface area contributed by atoms with Gasteiger partial charge in [-0.2, -0.15) is 0 Å². The summed E-state index contributed by atoms with van der Waals surface area (Å²) in [6, 6.07) is 2.09. The Kier molecular flexibility index (Phi) is 1.91. The molecule has 0 fully saturated rings. The van der Waals surface area contributed by atoms with Crippen molar-refractivity contribution < 1.29 is 0 Å². The van der Waals surface area contributed by atoms with E-state index in [1.807, 2.05) is 21.0 Å². The minimum absolute atomic E-state index is 0.938. The van der Waals surface area contributed by atoms with Crippen LogP contribution in [0.15, 0.2) is 16.9 Å². The Morgan fingerprint density at radius 1 is 1.67 bits per heavy atom. The molecule has 0 aliphatic heterocycles. The molecule has 0 amide bonds. The molecule has 9 heavy (non-hydrogen) atoms. The zero-order chi connectivity index (χ0) is 6.85. The van der Waals surface area contributed by atoms with Crippen molar-refractivity contribution in [3.05, 3.63) is 22.4 Å². The summed E-state index contributed by atoms with van der Waals surface area (Å²) in [5.74, 6) is 0. The van der Waals surface area contributed by atoms with E-state index in [0.29, 0.717) is 0 Å². The van der Waals surface area contributed by atoms with E-state index in [4.69, 9.17) is 0 Å². The lowest BCUT2D eigenvalue weighted by Gasteiger charge is -1.95. The molecule has 0 atom stereocenters. The average molecular weight is 184 g/mol. The highest BCUT2D eigenvalue weighted by Crippen LogP contribution is 2.08. The highest BCUT2D eigenvalue weighted by Gasteiger charge is 1.92. The number of rotatable bonds is 0. The largest absolute Gasteiger partial charge is 0.250 e. The number of aryl methyl sites for hydroxylation is 1. The normalized spacial score (nSPS) is 9.56. The van der Waals surface area contributed by atoms with Crippen LogP contribution in [0.1, 0.15) is 5.56 Å². The van der Waals surface area contributed by atoms with E-state index in [9.17, 15) is 0 Å². The molecule has 0 aromatic carbocycles. The van der Waals surface area contributed by atoms with Crippen LogP contribution >= 0.6 is 15.9 Å². The maximum atomic E-state index is 4.09. The first-order valence-corrected chi connectivity index (χ1v) is 3.58. The number of halogens is 1. The van der Waals surface area contributed by atoms with E-state index in [1.165, 1.54) is 11.0 Å². The highest BCUT2D eigenvalue weighted by molar-refractivity contribution is 9.10. The quantitative estimate of drug-likeness (QED) is 0.420. The lowest BCUT2D eigenvalue weighted by atomic mass is 9.98. The minimum atomic E-state index is 0.938. The Morgan fingerprint density at radius 3 is 2.78 bits per heavy atom. The monoisotopic (exact) mass is 183 g/mol. The third kappa shape index (κ3) is 1.55. The van der Waals surface area contributed by atoms with Gasteiger partial charge in [-0.15, -0.1) is 0 Å². The minimum Gasteiger partial charge on any atom is -0.250 e. The summed E-state index contributed by atoms with van der Waals surface area (Å²) in [5.41, 5.74) is 2.39. The van der Waals surface area contributed by atoms with E-state index >= 15 is 0 Å². The van der Waals surface area contributed by atoms with Gasteiger partial charge in [-0.1, -0.05) is 11.5 Å². The van der Waals surface area contributed by atoms with E-state index in [0.717, 1.165) is 4.60 Å². The van der Waals surface area contributed by atoms with Crippen LogP contribution in [0.2, 0.25) is 0 Å². The molecule has 0 unspecified atom stereocenters. The molecule has 0 saturated carbocycles. The van der Waals surface area contributed by atoms with Crippen LogP contribution < -0.4 is 5.46 Å². The van der Waals surface area contributed by atoms with Crippen LogP contribution in [-0.2, 0) is 0 Å². The van der Waals surface area contributed by atoms with Gasteiger partial charge < -0.3 is 0 Å². The van der Waals surface area contributed by atoms with Gasteiger partial charge in [0.05, 0.1) is 0 Å². The van der Waals surface area contributed by atoms with Crippen molar-refractivity contribution in [1.82, 2.24) is 4.98 Å². The predicted octanol–water partition coefficient (Wildman–Crippen LogP) is 0.411. The summed E-state index contributed by atoms with van der Waals surface area (Å²) in [4.78, 5) is 4.09. The molecule has 3 heteroatoms. The van der Waals surface area contributed by atoms with Crippen molar-refractivity contribution >= 4 is 29.2 Å². The second kappa shape index (κ2) is 2.52. The highest BCUT2D eigenvalue weighted by atomic mass is 79.9. The molecule has 0 saturated heterocycles. The third-order valence-electron chi connectivity index (χ3n) is 1.15. The number of aromatic nitrogens is 1. The first-order chi connectivity index (χ1) is 4.20. The lowest BCUT2D eigenvalue weighted by Crippen LogP contribution is -2.03. The van der Waals surface area contributed by atoms with Crippen molar-refractivity contribution in [2.24, 2.45) is 0 Å². The summed E-state index contributed by atoms with van der Waals surface area (Å²) >= 11 is 3.32. The molecule has 46 valence electrons. The molecular formula is C6H7BBrN. The Balaban J connectivity index is 3.17. The molecule has 0 radical (unpaired) electrons. The summed E-state index contributed by atoms with van der Waals surface area (Å²) in [5, 5.41) is 0. The van der Waals surface area contributed by atoms with Crippen molar-refractivity contribution in [3.8, 4) is 0 Å². The zero-order valence-electron chi connectivity index (χ0n) is 5.48. The Labute approximate surface area is 64.0 Å². The fourth-order valence-corrected chi connectivity index (χ4v) is 0.915. The van der Waals surface area contributed by atoms with Gasteiger partial charge in [0.1, 0.15) is 12.4 Å². The second-order valence-corrected chi connectivity index (χ2v) is 2.87. The average Bonchev–Trinajstić information content (AvgIpc) is 1.80. The number of pyridine rings is 1. The van der Waals surface area contributed by atoms with Gasteiger partial charge in [0.25, 0.3) is 0 Å². The van der Waals surface area contributed by atoms with Gasteiger partial charge in [-0.3, -0.25) is 0 Å². The molecule has 1 nitrogen and oxygen atoms in total. The molecule has 1 aromatic rings. The Hall–Kier alpha value is -0.305. The third-order valence-corrected chi connectivity index (χ3v) is 1.98. The fourth-order valence-electron chi connectivity index (χ4n) is 0.699. The molecule has 0 aliphatic carbocycles. The molecule has 0 N–H and O–H groups in total. The predicted molar refractivity (Wildman–Crippen MR) is 44.9 cm³/mol. The molecule has 0 spiro atoms. The zero-order valence-corrected chi connectivity index (χ0v) is 7.07. The summed E-state index contributed by atoms with van der Waals surface area (Å²) in [6.45, 7) is 2.03. The molecular weight excluding hydrogens is 177 g/mol. The summed E-state index contributed by atoms with van der Waals surface area (Å²) in [6.07, 6.45) is 1.84. The standard InChI is InChI=1S/C6H7BBrN/c1-4-2-5(7)3-9-6(4)8/h2-3H,7H2,1H3. The van der Waals surface area contributed by atoms with Crippen LogP contribution in [-0.4, -0.2) is 12.8 Å². The van der Waals surface area contributed by atoms with Gasteiger partial charge in [-0.25, -0.2) is 4.98 Å². The lowest BCUT2D eigenvalue weighted by molar-refractivity contribution is 1.23. The van der Waals surface area contributed by atoms with Gasteiger partial charge in [-0.05, 0) is 28.4 Å². The second-order valence-electron chi connectivity index (χ2n) is 2.12. The number of hydrogen-bond acceptors (Lipinski definition) is 1. The van der Waals surface area contributed by atoms with Crippen molar-refractivity contribution in [1.29, 1.82) is 0 Å². The van der Waals surface area contributed by atoms with E-state index in [1.54, 1.807) is 0 Å². The first kappa shape index (κ1) is 6.81. The summed E-state index contributed by atoms with van der Waals surface area (Å²) < 4.78 is 0.938. The Morgan fingerprint density at radius 2 is 2.33 bits per heavy atom. The topological polar surface area (TPSA) is 12.9 Å². The molecule has 0 bridgehead atoms. The first-order valence-electron chi connectivity index (χ1n) is 2.79. The van der Waals surface area contributed by atoms with E-state index < -0.39 is 0 Å². The SMILES string of the molecule is Bc1cnc(Br)c(C)c1. The van der Waals surface area contributed by atoms with Crippen molar-refractivity contribution in [2.75, 3.05) is 0 Å². The van der Waals surface area contributed by atoms with Gasteiger partial charge in [0, 0.05) is 6.20 Å². The maximum absolute atomic E-state index is 4.09. The number of nitrogens with zero attached hydrogens (tertiary/aromatic N) is 1. The van der Waals surface area contributed by atoms with Crippen molar-refractivity contribution in [2.45, 2.75) is 6.92 Å². The molecule has 1 rings (SSSR count). The van der Waals surface area contributed by atoms with Gasteiger partial charge in [0.2, 0.25) is 0 Å². The summed E-state index contributed by atoms with van der Waals surface area (Å²) in [7, 11) is 2.03. The Bertz CT molecular complexity index is 224. The van der Waals surface area contributed by atoms with Gasteiger partial charge in [0.15, 0.2) is 0 Å². The van der Waals surface area contributed by atoms with E-state index in [-0.39, 0.29) is 0 Å². The van der Waals surface area contributed by atoms with Crippen LogP contribution in [0.25, 0.3) is 0 Å². The smallest absolute Gasteiger partial charge is 0.141 e. The van der Waals surface area contributed by atoms with Crippen LogP contribution in [0.5, 0.6) is 0 Å². The molecule has 0 aliphatic rings. The maximum Gasteiger partial charge on any atom is 0.141 e. The van der Waals surface area contributed by atoms with Crippen LogP contribution in [0, 0.1) is 6.92 Å². The van der Waals surface area contributed by atoms with Crippen molar-refractivity contribution in [3.63, 3.8) is 0 Å². The van der Waals surface area contributed by atoms with Gasteiger partial charge >= 0.3 is 0 Å². The van der Waals surface area contributed by atoms with Crippen LogP contribution in [0.3, 0.4) is 0 Å². The molecule has 1 aromatic heterocycles.